The van der Waals surface area contributed by atoms with Gasteiger partial charge in [-0.05, 0) is 42.4 Å². The third-order valence-corrected chi connectivity index (χ3v) is 5.43. The molecule has 0 unspecified atom stereocenters. The Morgan fingerprint density at radius 2 is 1.46 bits per heavy atom. The number of benzene rings is 1. The minimum Gasteiger partial charge on any atom is -0.341 e. The molecule has 144 valence electrons. The van der Waals surface area contributed by atoms with Crippen molar-refractivity contribution in [1.82, 2.24) is 9.80 Å². The van der Waals surface area contributed by atoms with Crippen LogP contribution in [0.4, 0.5) is 0 Å². The van der Waals surface area contributed by atoms with Crippen molar-refractivity contribution in [3.8, 4) is 0 Å². The van der Waals surface area contributed by atoms with E-state index in [1.807, 2.05) is 34.1 Å². The lowest BCUT2D eigenvalue weighted by Gasteiger charge is -2.25. The molecule has 0 spiro atoms. The molecule has 0 atom stereocenters. The molecule has 4 nitrogen and oxygen atoms in total. The molecular formula is C22H34N2O2. The van der Waals surface area contributed by atoms with Crippen molar-refractivity contribution in [3.05, 3.63) is 35.4 Å². The molecule has 0 radical (unpaired) electrons. The van der Waals surface area contributed by atoms with Crippen molar-refractivity contribution >= 4 is 11.8 Å². The van der Waals surface area contributed by atoms with E-state index in [0.717, 1.165) is 31.4 Å². The van der Waals surface area contributed by atoms with Gasteiger partial charge in [0.15, 0.2) is 0 Å². The Labute approximate surface area is 158 Å². The van der Waals surface area contributed by atoms with Gasteiger partial charge in [0.1, 0.15) is 0 Å². The molecule has 2 rings (SSSR count). The highest BCUT2D eigenvalue weighted by Gasteiger charge is 2.26. The molecule has 2 amide bonds. The van der Waals surface area contributed by atoms with Crippen LogP contribution in [-0.4, -0.2) is 47.8 Å². The second-order valence-electron chi connectivity index (χ2n) is 8.31. The minimum atomic E-state index is 0.0716. The molecule has 0 aliphatic carbocycles. The summed E-state index contributed by atoms with van der Waals surface area (Å²) in [6.07, 6.45) is 2.61. The maximum atomic E-state index is 12.9. The van der Waals surface area contributed by atoms with Crippen LogP contribution in [0.25, 0.3) is 0 Å². The van der Waals surface area contributed by atoms with Crippen LogP contribution in [0, 0.1) is 5.92 Å². The normalized spacial score (nSPS) is 15.9. The molecule has 1 aliphatic rings. The van der Waals surface area contributed by atoms with Gasteiger partial charge < -0.3 is 9.80 Å². The van der Waals surface area contributed by atoms with Crippen LogP contribution in [0.15, 0.2) is 24.3 Å². The van der Waals surface area contributed by atoms with E-state index in [2.05, 4.69) is 34.6 Å². The molecule has 0 bridgehead atoms. The first kappa shape index (κ1) is 20.5. The number of hydrogen-bond acceptors (Lipinski definition) is 2. The van der Waals surface area contributed by atoms with Gasteiger partial charge in [-0.2, -0.15) is 0 Å². The Hall–Kier alpha value is -1.84. The standard InChI is InChI=1S/C22H34N2O2/c1-6-17(7-2)20(25)23-13-8-14-24(16-15-23)21(26)18-9-11-19(12-10-18)22(3,4)5/h9-12,17H,6-8,13-16H2,1-5H3. The topological polar surface area (TPSA) is 40.6 Å². The Balaban J connectivity index is 2.02. The van der Waals surface area contributed by atoms with Gasteiger partial charge in [-0.3, -0.25) is 9.59 Å². The number of carbonyl (C=O) groups excluding carboxylic acids is 2. The SMILES string of the molecule is CCC(CC)C(=O)N1CCCN(C(=O)c2ccc(C(C)(C)C)cc2)CC1. The molecule has 1 saturated heterocycles. The van der Waals surface area contributed by atoms with Gasteiger partial charge in [0, 0.05) is 37.7 Å². The average Bonchev–Trinajstić information content (AvgIpc) is 2.87. The summed E-state index contributed by atoms with van der Waals surface area (Å²) >= 11 is 0. The van der Waals surface area contributed by atoms with Gasteiger partial charge in [0.2, 0.25) is 5.91 Å². The summed E-state index contributed by atoms with van der Waals surface area (Å²) in [6.45, 7) is 13.4. The minimum absolute atomic E-state index is 0.0716. The largest absolute Gasteiger partial charge is 0.341 e. The first-order chi connectivity index (χ1) is 12.3. The van der Waals surface area contributed by atoms with E-state index < -0.39 is 0 Å². The van der Waals surface area contributed by atoms with Crippen molar-refractivity contribution in [2.24, 2.45) is 5.92 Å². The van der Waals surface area contributed by atoms with Gasteiger partial charge in [-0.1, -0.05) is 46.8 Å². The smallest absolute Gasteiger partial charge is 0.253 e. The zero-order valence-corrected chi connectivity index (χ0v) is 17.0. The van der Waals surface area contributed by atoms with Crippen LogP contribution in [0.1, 0.15) is 69.8 Å². The maximum absolute atomic E-state index is 12.9. The fraction of sp³-hybridized carbons (Fsp3) is 0.636. The number of hydrogen-bond donors (Lipinski definition) is 0. The lowest BCUT2D eigenvalue weighted by Crippen LogP contribution is -2.39. The van der Waals surface area contributed by atoms with Crippen molar-refractivity contribution < 1.29 is 9.59 Å². The van der Waals surface area contributed by atoms with Crippen molar-refractivity contribution in [2.75, 3.05) is 26.2 Å². The number of rotatable bonds is 4. The van der Waals surface area contributed by atoms with Crippen molar-refractivity contribution in [1.29, 1.82) is 0 Å². The molecule has 26 heavy (non-hydrogen) atoms. The molecule has 1 fully saturated rings. The third kappa shape index (κ3) is 4.87. The zero-order chi connectivity index (χ0) is 19.3. The molecule has 0 aromatic heterocycles. The van der Waals surface area contributed by atoms with E-state index in [-0.39, 0.29) is 23.1 Å². The van der Waals surface area contributed by atoms with E-state index in [0.29, 0.717) is 19.6 Å². The number of amides is 2. The Morgan fingerprint density at radius 1 is 0.923 bits per heavy atom. The Bertz CT molecular complexity index is 612. The Morgan fingerprint density at radius 3 is 2.00 bits per heavy atom. The highest BCUT2D eigenvalue weighted by atomic mass is 16.2. The molecule has 1 heterocycles. The van der Waals surface area contributed by atoms with Gasteiger partial charge >= 0.3 is 0 Å². The lowest BCUT2D eigenvalue weighted by atomic mass is 9.86. The van der Waals surface area contributed by atoms with E-state index in [1.165, 1.54) is 5.56 Å². The van der Waals surface area contributed by atoms with Crippen LogP contribution in [-0.2, 0) is 10.2 Å². The monoisotopic (exact) mass is 358 g/mol. The van der Waals surface area contributed by atoms with Crippen LogP contribution in [0.5, 0.6) is 0 Å². The quantitative estimate of drug-likeness (QED) is 0.813. The zero-order valence-electron chi connectivity index (χ0n) is 17.0. The summed E-state index contributed by atoms with van der Waals surface area (Å²) in [6, 6.07) is 7.96. The van der Waals surface area contributed by atoms with Gasteiger partial charge in [0.25, 0.3) is 5.91 Å². The van der Waals surface area contributed by atoms with E-state index in [1.54, 1.807) is 0 Å². The highest BCUT2D eigenvalue weighted by molar-refractivity contribution is 5.94. The maximum Gasteiger partial charge on any atom is 0.253 e. The molecule has 0 saturated carbocycles. The second kappa shape index (κ2) is 8.70. The highest BCUT2D eigenvalue weighted by Crippen LogP contribution is 2.23. The van der Waals surface area contributed by atoms with E-state index in [9.17, 15) is 9.59 Å². The van der Waals surface area contributed by atoms with E-state index >= 15 is 0 Å². The first-order valence-electron chi connectivity index (χ1n) is 9.96. The van der Waals surface area contributed by atoms with Crippen LogP contribution in [0.3, 0.4) is 0 Å². The molecular weight excluding hydrogens is 324 g/mol. The summed E-state index contributed by atoms with van der Waals surface area (Å²) in [5, 5.41) is 0. The predicted octanol–water partition coefficient (Wildman–Crippen LogP) is 4.09. The molecule has 1 aromatic rings. The second-order valence-corrected chi connectivity index (χ2v) is 8.31. The van der Waals surface area contributed by atoms with Crippen LogP contribution >= 0.6 is 0 Å². The van der Waals surface area contributed by atoms with Crippen molar-refractivity contribution in [2.45, 2.75) is 59.3 Å². The molecule has 4 heteroatoms. The number of carbonyl (C=O) groups is 2. The fourth-order valence-corrected chi connectivity index (χ4v) is 3.53. The summed E-state index contributed by atoms with van der Waals surface area (Å²) in [5.41, 5.74) is 2.05. The first-order valence-corrected chi connectivity index (χ1v) is 9.96. The summed E-state index contributed by atoms with van der Waals surface area (Å²) in [4.78, 5) is 29.3. The van der Waals surface area contributed by atoms with Gasteiger partial charge in [-0.15, -0.1) is 0 Å². The van der Waals surface area contributed by atoms with E-state index in [4.69, 9.17) is 0 Å². The average molecular weight is 359 g/mol. The summed E-state index contributed by atoms with van der Waals surface area (Å²) in [7, 11) is 0. The molecule has 1 aromatic carbocycles. The molecule has 1 aliphatic heterocycles. The Kier molecular flexibility index (Phi) is 6.85. The van der Waals surface area contributed by atoms with Crippen LogP contribution in [0.2, 0.25) is 0 Å². The third-order valence-electron chi connectivity index (χ3n) is 5.43. The van der Waals surface area contributed by atoms with Gasteiger partial charge in [-0.25, -0.2) is 0 Å². The van der Waals surface area contributed by atoms with Crippen molar-refractivity contribution in [3.63, 3.8) is 0 Å². The molecule has 0 N–H and O–H groups in total. The van der Waals surface area contributed by atoms with Crippen LogP contribution < -0.4 is 0 Å². The van der Waals surface area contributed by atoms with Gasteiger partial charge in [0.05, 0.1) is 0 Å². The fourth-order valence-electron chi connectivity index (χ4n) is 3.53. The predicted molar refractivity (Wildman–Crippen MR) is 106 cm³/mol. The lowest BCUT2D eigenvalue weighted by molar-refractivity contribution is -0.135. The summed E-state index contributed by atoms with van der Waals surface area (Å²) in [5.74, 6) is 0.434. The summed E-state index contributed by atoms with van der Waals surface area (Å²) < 4.78 is 0. The number of nitrogens with zero attached hydrogens (tertiary/aromatic N) is 2.